The van der Waals surface area contributed by atoms with Crippen LogP contribution in [0, 0.1) is 0 Å². The maximum atomic E-state index is 12.6. The van der Waals surface area contributed by atoms with Crippen molar-refractivity contribution >= 4 is 17.3 Å². The van der Waals surface area contributed by atoms with Gasteiger partial charge in [0.1, 0.15) is 0 Å². The van der Waals surface area contributed by atoms with Crippen molar-refractivity contribution in [3.8, 4) is 0 Å². The fourth-order valence-corrected chi connectivity index (χ4v) is 2.98. The second-order valence-corrected chi connectivity index (χ2v) is 7.11. The van der Waals surface area contributed by atoms with Crippen molar-refractivity contribution in [1.82, 2.24) is 10.2 Å². The van der Waals surface area contributed by atoms with Gasteiger partial charge < -0.3 is 10.2 Å². The van der Waals surface area contributed by atoms with Crippen molar-refractivity contribution in [2.45, 2.75) is 39.0 Å². The van der Waals surface area contributed by atoms with Gasteiger partial charge in [0.2, 0.25) is 0 Å². The van der Waals surface area contributed by atoms with Crippen LogP contribution in [0.5, 0.6) is 0 Å². The number of hydrogen-bond donors (Lipinski definition) is 2. The van der Waals surface area contributed by atoms with Crippen molar-refractivity contribution in [3.05, 3.63) is 41.7 Å². The summed E-state index contributed by atoms with van der Waals surface area (Å²) < 4.78 is 0. The third-order valence-corrected chi connectivity index (χ3v) is 4.21. The summed E-state index contributed by atoms with van der Waals surface area (Å²) in [5.74, 6) is -0.123. The molecule has 0 bridgehead atoms. The number of aromatic nitrogens is 2. The predicted molar refractivity (Wildman–Crippen MR) is 93.1 cm³/mol. The third-order valence-electron chi connectivity index (χ3n) is 4.21. The first-order chi connectivity index (χ1) is 10.9. The molecule has 1 aromatic carbocycles. The molecule has 2 heterocycles. The minimum Gasteiger partial charge on any atom is -0.371 e. The molecule has 23 heavy (non-hydrogen) atoms. The average molecular weight is 312 g/mol. The number of nitrogens with one attached hydrogen (secondary N) is 2. The van der Waals surface area contributed by atoms with Crippen molar-refractivity contribution in [1.29, 1.82) is 0 Å². The normalized spacial score (nSPS) is 15.0. The molecule has 5 nitrogen and oxygen atoms in total. The number of H-pyrrole nitrogens is 1. The molecular weight excluding hydrogens is 288 g/mol. The Kier molecular flexibility index (Phi) is 4.11. The predicted octanol–water partition coefficient (Wildman–Crippen LogP) is 3.56. The molecule has 0 saturated carbocycles. The first-order valence-corrected chi connectivity index (χ1v) is 8.15. The monoisotopic (exact) mass is 312 g/mol. The molecule has 0 aliphatic carbocycles. The SMILES string of the molecule is CC(C)(C)c1[nH]ncc1C(=O)Nc1cccc(N2CCCC2)c1. The largest absolute Gasteiger partial charge is 0.371 e. The highest BCUT2D eigenvalue weighted by atomic mass is 16.1. The molecule has 1 amide bonds. The van der Waals surface area contributed by atoms with Crippen molar-refractivity contribution in [3.63, 3.8) is 0 Å². The second-order valence-electron chi connectivity index (χ2n) is 7.11. The zero-order valence-corrected chi connectivity index (χ0v) is 14.0. The number of carbonyl (C=O) groups is 1. The van der Waals surface area contributed by atoms with Gasteiger partial charge in [-0.3, -0.25) is 9.89 Å². The Bertz CT molecular complexity index is 693. The highest BCUT2D eigenvalue weighted by molar-refractivity contribution is 6.05. The highest BCUT2D eigenvalue weighted by Crippen LogP contribution is 2.26. The topological polar surface area (TPSA) is 61.0 Å². The molecule has 1 saturated heterocycles. The number of amides is 1. The van der Waals surface area contributed by atoms with Crippen LogP contribution in [0.4, 0.5) is 11.4 Å². The Labute approximate surface area is 137 Å². The lowest BCUT2D eigenvalue weighted by Gasteiger charge is -2.19. The Morgan fingerprint density at radius 3 is 2.70 bits per heavy atom. The van der Waals surface area contributed by atoms with Gasteiger partial charge in [-0.2, -0.15) is 5.10 Å². The van der Waals surface area contributed by atoms with Crippen LogP contribution in [0.25, 0.3) is 0 Å². The molecule has 1 fully saturated rings. The van der Waals surface area contributed by atoms with Gasteiger partial charge in [0.05, 0.1) is 17.5 Å². The van der Waals surface area contributed by atoms with Crippen LogP contribution in [-0.2, 0) is 5.41 Å². The van der Waals surface area contributed by atoms with Crippen LogP contribution in [0.15, 0.2) is 30.5 Å². The molecule has 2 N–H and O–H groups in total. The number of hydrogen-bond acceptors (Lipinski definition) is 3. The quantitative estimate of drug-likeness (QED) is 0.911. The molecule has 3 rings (SSSR count). The van der Waals surface area contributed by atoms with E-state index < -0.39 is 0 Å². The summed E-state index contributed by atoms with van der Waals surface area (Å²) in [5.41, 5.74) is 3.29. The summed E-state index contributed by atoms with van der Waals surface area (Å²) in [6, 6.07) is 8.05. The van der Waals surface area contributed by atoms with Gasteiger partial charge >= 0.3 is 0 Å². The standard InChI is InChI=1S/C18H24N4O/c1-18(2,3)16-15(12-19-21-16)17(23)20-13-7-6-8-14(11-13)22-9-4-5-10-22/h6-8,11-12H,4-5,9-10H2,1-3H3,(H,19,21)(H,20,23). The van der Waals surface area contributed by atoms with E-state index in [1.807, 2.05) is 18.2 Å². The maximum absolute atomic E-state index is 12.6. The summed E-state index contributed by atoms with van der Waals surface area (Å²) in [4.78, 5) is 14.9. The van der Waals surface area contributed by atoms with E-state index in [0.717, 1.165) is 24.5 Å². The number of benzene rings is 1. The van der Waals surface area contributed by atoms with Crippen molar-refractivity contribution in [2.24, 2.45) is 0 Å². The first-order valence-electron chi connectivity index (χ1n) is 8.15. The summed E-state index contributed by atoms with van der Waals surface area (Å²) in [6.45, 7) is 8.36. The van der Waals surface area contributed by atoms with Crippen LogP contribution in [-0.4, -0.2) is 29.2 Å². The molecule has 1 aliphatic rings. The minimum atomic E-state index is -0.152. The van der Waals surface area contributed by atoms with Crippen LogP contribution >= 0.6 is 0 Å². The van der Waals surface area contributed by atoms with Crippen LogP contribution < -0.4 is 10.2 Å². The summed E-state index contributed by atoms with van der Waals surface area (Å²) >= 11 is 0. The summed E-state index contributed by atoms with van der Waals surface area (Å²) in [6.07, 6.45) is 4.07. The van der Waals surface area contributed by atoms with E-state index in [4.69, 9.17) is 0 Å². The first kappa shape index (κ1) is 15.6. The molecule has 2 aromatic rings. The number of carbonyl (C=O) groups excluding carboxylic acids is 1. The van der Waals surface area contributed by atoms with Crippen molar-refractivity contribution < 1.29 is 4.79 Å². The Hall–Kier alpha value is -2.30. The third kappa shape index (κ3) is 3.38. The molecule has 0 radical (unpaired) electrons. The van der Waals surface area contributed by atoms with E-state index >= 15 is 0 Å². The summed E-state index contributed by atoms with van der Waals surface area (Å²) in [7, 11) is 0. The van der Waals surface area contributed by atoms with Gasteiger partial charge in [0.25, 0.3) is 5.91 Å². The fraction of sp³-hybridized carbons (Fsp3) is 0.444. The van der Waals surface area contributed by atoms with E-state index in [1.165, 1.54) is 18.5 Å². The van der Waals surface area contributed by atoms with Gasteiger partial charge in [0.15, 0.2) is 0 Å². The Balaban J connectivity index is 1.78. The number of anilines is 2. The number of aromatic amines is 1. The smallest absolute Gasteiger partial charge is 0.259 e. The molecular formula is C18H24N4O. The second kappa shape index (κ2) is 6.07. The van der Waals surface area contributed by atoms with Gasteiger partial charge in [-0.05, 0) is 31.0 Å². The molecule has 5 heteroatoms. The zero-order chi connectivity index (χ0) is 16.4. The molecule has 0 spiro atoms. The molecule has 1 aliphatic heterocycles. The molecule has 0 atom stereocenters. The van der Waals surface area contributed by atoms with E-state index in [0.29, 0.717) is 5.56 Å². The van der Waals surface area contributed by atoms with E-state index in [-0.39, 0.29) is 11.3 Å². The van der Waals surface area contributed by atoms with E-state index in [2.05, 4.69) is 47.3 Å². The molecule has 122 valence electrons. The molecule has 1 aromatic heterocycles. The Morgan fingerprint density at radius 2 is 2.00 bits per heavy atom. The molecule has 0 unspecified atom stereocenters. The van der Waals surface area contributed by atoms with E-state index in [1.54, 1.807) is 6.20 Å². The highest BCUT2D eigenvalue weighted by Gasteiger charge is 2.24. The van der Waals surface area contributed by atoms with Gasteiger partial charge in [-0.25, -0.2) is 0 Å². The van der Waals surface area contributed by atoms with Gasteiger partial charge in [-0.15, -0.1) is 0 Å². The van der Waals surface area contributed by atoms with Crippen LogP contribution in [0.2, 0.25) is 0 Å². The summed E-state index contributed by atoms with van der Waals surface area (Å²) in [5, 5.41) is 9.98. The van der Waals surface area contributed by atoms with Gasteiger partial charge in [0, 0.05) is 29.9 Å². The van der Waals surface area contributed by atoms with Crippen molar-refractivity contribution in [2.75, 3.05) is 23.3 Å². The average Bonchev–Trinajstić information content (AvgIpc) is 3.18. The number of nitrogens with zero attached hydrogens (tertiary/aromatic N) is 2. The van der Waals surface area contributed by atoms with Gasteiger partial charge in [-0.1, -0.05) is 26.8 Å². The zero-order valence-electron chi connectivity index (χ0n) is 14.0. The Morgan fingerprint density at radius 1 is 1.26 bits per heavy atom. The number of rotatable bonds is 3. The lowest BCUT2D eigenvalue weighted by molar-refractivity contribution is 0.102. The van der Waals surface area contributed by atoms with Crippen LogP contribution in [0.3, 0.4) is 0 Å². The maximum Gasteiger partial charge on any atom is 0.259 e. The lowest BCUT2D eigenvalue weighted by Crippen LogP contribution is -2.21. The fourth-order valence-electron chi connectivity index (χ4n) is 2.98. The lowest BCUT2D eigenvalue weighted by atomic mass is 9.89. The minimum absolute atomic E-state index is 0.123. The van der Waals surface area contributed by atoms with Crippen LogP contribution in [0.1, 0.15) is 49.7 Å². The van der Waals surface area contributed by atoms with E-state index in [9.17, 15) is 4.79 Å².